The largest absolute Gasteiger partial charge is 0.394 e. The van der Waals surface area contributed by atoms with Crippen molar-refractivity contribution in [2.75, 3.05) is 18.5 Å². The minimum Gasteiger partial charge on any atom is -0.394 e. The minimum absolute atomic E-state index is 0.0115. The topological polar surface area (TPSA) is 35.5 Å². The Morgan fingerprint density at radius 3 is 2.27 bits per heavy atom. The molecule has 5 heteroatoms. The van der Waals surface area contributed by atoms with Gasteiger partial charge in [-0.25, -0.2) is 8.78 Å². The quantitative estimate of drug-likeness (QED) is 0.641. The number of hydrogen-bond acceptors (Lipinski definition) is 3. The van der Waals surface area contributed by atoms with E-state index in [1.165, 1.54) is 29.8 Å². The molecule has 3 atom stereocenters. The van der Waals surface area contributed by atoms with Crippen molar-refractivity contribution in [1.82, 2.24) is 4.90 Å². The number of aliphatic hydroxyl groups excluding tert-OH is 1. The molecule has 2 aliphatic heterocycles. The van der Waals surface area contributed by atoms with E-state index >= 15 is 0 Å². The van der Waals surface area contributed by atoms with Gasteiger partial charge in [-0.2, -0.15) is 0 Å². The maximum Gasteiger partial charge on any atom is 0.123 e. The first kappa shape index (κ1) is 19.2. The lowest BCUT2D eigenvalue weighted by Crippen LogP contribution is -2.41. The molecule has 3 aromatic carbocycles. The summed E-state index contributed by atoms with van der Waals surface area (Å²) in [7, 11) is 0. The third-order valence-electron chi connectivity index (χ3n) is 6.45. The van der Waals surface area contributed by atoms with Gasteiger partial charge in [-0.05, 0) is 71.6 Å². The summed E-state index contributed by atoms with van der Waals surface area (Å²) in [4.78, 5) is 2.43. The molecule has 0 aromatic heterocycles. The molecule has 3 nitrogen and oxygen atoms in total. The van der Waals surface area contributed by atoms with Crippen LogP contribution in [0.3, 0.4) is 0 Å². The molecule has 0 aliphatic carbocycles. The Kier molecular flexibility index (Phi) is 5.01. The number of halogens is 2. The van der Waals surface area contributed by atoms with Gasteiger partial charge in [-0.15, -0.1) is 0 Å². The fourth-order valence-corrected chi connectivity index (χ4v) is 4.98. The van der Waals surface area contributed by atoms with E-state index in [0.29, 0.717) is 5.92 Å². The van der Waals surface area contributed by atoms with Crippen LogP contribution < -0.4 is 5.32 Å². The summed E-state index contributed by atoms with van der Waals surface area (Å²) >= 11 is 0. The summed E-state index contributed by atoms with van der Waals surface area (Å²) < 4.78 is 26.7. The zero-order chi connectivity index (χ0) is 20.7. The van der Waals surface area contributed by atoms with Crippen LogP contribution in [0, 0.1) is 17.6 Å². The smallest absolute Gasteiger partial charge is 0.123 e. The summed E-state index contributed by atoms with van der Waals surface area (Å²) in [6.45, 7) is 1.75. The highest BCUT2D eigenvalue weighted by atomic mass is 19.1. The molecule has 2 heterocycles. The van der Waals surface area contributed by atoms with Gasteiger partial charge in [0, 0.05) is 24.2 Å². The first-order valence-electron chi connectivity index (χ1n) is 10.4. The van der Waals surface area contributed by atoms with Crippen LogP contribution in [0.5, 0.6) is 0 Å². The van der Waals surface area contributed by atoms with Crippen molar-refractivity contribution in [3.63, 3.8) is 0 Å². The molecule has 0 spiro atoms. The van der Waals surface area contributed by atoms with E-state index in [1.54, 1.807) is 12.1 Å². The summed E-state index contributed by atoms with van der Waals surface area (Å²) in [5.41, 5.74) is 5.33. The molecule has 0 saturated carbocycles. The summed E-state index contributed by atoms with van der Waals surface area (Å²) in [6.07, 6.45) is 0.990. The minimum atomic E-state index is -0.245. The van der Waals surface area contributed by atoms with Gasteiger partial charge in [0.1, 0.15) is 11.6 Å². The second-order valence-electron chi connectivity index (χ2n) is 8.24. The number of anilines is 1. The maximum atomic E-state index is 13.4. The van der Waals surface area contributed by atoms with Gasteiger partial charge in [-0.3, -0.25) is 4.90 Å². The number of likely N-dealkylation sites (tertiary alicyclic amines) is 1. The molecular weight excluding hydrogens is 382 g/mol. The zero-order valence-electron chi connectivity index (χ0n) is 16.6. The van der Waals surface area contributed by atoms with Crippen LogP contribution >= 0.6 is 0 Å². The summed E-state index contributed by atoms with van der Waals surface area (Å²) in [5.74, 6) is -0.175. The Morgan fingerprint density at radius 2 is 1.57 bits per heavy atom. The summed E-state index contributed by atoms with van der Waals surface area (Å²) in [6, 6.07) is 19.7. The molecule has 2 aliphatic rings. The van der Waals surface area contributed by atoms with Crippen LogP contribution in [0.25, 0.3) is 11.1 Å². The van der Waals surface area contributed by atoms with Crippen LogP contribution in [0.1, 0.15) is 23.6 Å². The van der Waals surface area contributed by atoms with E-state index in [9.17, 15) is 13.9 Å². The number of nitrogens with zero attached hydrogens (tertiary/aromatic N) is 1. The van der Waals surface area contributed by atoms with E-state index < -0.39 is 0 Å². The van der Waals surface area contributed by atoms with Crippen molar-refractivity contribution >= 4 is 5.69 Å². The van der Waals surface area contributed by atoms with Crippen molar-refractivity contribution in [2.24, 2.45) is 5.92 Å². The van der Waals surface area contributed by atoms with Gasteiger partial charge in [-0.1, -0.05) is 30.3 Å². The number of aliphatic hydroxyl groups is 1. The Hall–Kier alpha value is -2.76. The fourth-order valence-electron chi connectivity index (χ4n) is 4.98. The van der Waals surface area contributed by atoms with Gasteiger partial charge in [0.15, 0.2) is 0 Å². The van der Waals surface area contributed by atoms with E-state index in [0.717, 1.165) is 41.9 Å². The molecule has 1 saturated heterocycles. The molecule has 0 bridgehead atoms. The first-order chi connectivity index (χ1) is 14.6. The molecule has 5 rings (SSSR count). The molecule has 2 N–H and O–H groups in total. The van der Waals surface area contributed by atoms with Gasteiger partial charge < -0.3 is 10.4 Å². The molecule has 3 aromatic rings. The van der Waals surface area contributed by atoms with Crippen molar-refractivity contribution in [3.05, 3.63) is 89.5 Å². The Labute approximate surface area is 175 Å². The maximum absolute atomic E-state index is 13.4. The number of rotatable bonds is 4. The molecule has 1 fully saturated rings. The third kappa shape index (κ3) is 3.48. The van der Waals surface area contributed by atoms with E-state index in [2.05, 4.69) is 22.3 Å². The average molecular weight is 406 g/mol. The molecule has 0 unspecified atom stereocenters. The SMILES string of the molecule is OC[C@@H]1Nc2ccc(-c3ccc(F)cc3)cc2[C@@H]2[C@H]1CCN2Cc1ccc(F)cc1. The van der Waals surface area contributed by atoms with E-state index in [1.807, 2.05) is 18.2 Å². The van der Waals surface area contributed by atoms with Crippen LogP contribution in [-0.2, 0) is 6.54 Å². The van der Waals surface area contributed by atoms with Crippen molar-refractivity contribution < 1.29 is 13.9 Å². The summed E-state index contributed by atoms with van der Waals surface area (Å²) in [5, 5.41) is 13.5. The molecular formula is C25H24F2N2O. The van der Waals surface area contributed by atoms with Crippen LogP contribution in [0.15, 0.2) is 66.7 Å². The van der Waals surface area contributed by atoms with Gasteiger partial charge in [0.2, 0.25) is 0 Å². The predicted molar refractivity (Wildman–Crippen MR) is 114 cm³/mol. The highest BCUT2D eigenvalue weighted by Gasteiger charge is 2.43. The molecule has 0 amide bonds. The fraction of sp³-hybridized carbons (Fsp3) is 0.280. The standard InChI is InChI=1S/C25H24F2N2O/c26-19-6-1-16(2-7-19)14-29-12-11-21-24(15-30)28-23-10-5-18(13-22(23)25(21)29)17-3-8-20(27)9-4-17/h1-10,13,21,24-25,28,30H,11-12,14-15H2/t21-,24-,25-/m0/s1. The Balaban J connectivity index is 1.52. The Morgan fingerprint density at radius 1 is 0.900 bits per heavy atom. The van der Waals surface area contributed by atoms with E-state index in [-0.39, 0.29) is 30.3 Å². The highest BCUT2D eigenvalue weighted by Crippen LogP contribution is 2.47. The Bertz CT molecular complexity index is 1040. The normalized spacial score (nSPS) is 23.0. The van der Waals surface area contributed by atoms with Gasteiger partial charge >= 0.3 is 0 Å². The number of benzene rings is 3. The van der Waals surface area contributed by atoms with Crippen LogP contribution in [-0.4, -0.2) is 29.2 Å². The first-order valence-corrected chi connectivity index (χ1v) is 10.4. The van der Waals surface area contributed by atoms with Crippen molar-refractivity contribution in [3.8, 4) is 11.1 Å². The lowest BCUT2D eigenvalue weighted by molar-refractivity contribution is 0.172. The average Bonchev–Trinajstić information content (AvgIpc) is 3.19. The van der Waals surface area contributed by atoms with E-state index in [4.69, 9.17) is 0 Å². The van der Waals surface area contributed by atoms with Crippen molar-refractivity contribution in [2.45, 2.75) is 25.0 Å². The van der Waals surface area contributed by atoms with Crippen LogP contribution in [0.2, 0.25) is 0 Å². The monoisotopic (exact) mass is 406 g/mol. The zero-order valence-corrected chi connectivity index (χ0v) is 16.6. The number of nitrogens with one attached hydrogen (secondary N) is 1. The van der Waals surface area contributed by atoms with Crippen LogP contribution in [0.4, 0.5) is 14.5 Å². The van der Waals surface area contributed by atoms with Gasteiger partial charge in [0.05, 0.1) is 12.6 Å². The number of fused-ring (bicyclic) bond motifs is 3. The predicted octanol–water partition coefficient (Wildman–Crippen LogP) is 4.98. The highest BCUT2D eigenvalue weighted by molar-refractivity contribution is 5.70. The second kappa shape index (κ2) is 7.82. The van der Waals surface area contributed by atoms with Crippen molar-refractivity contribution in [1.29, 1.82) is 0 Å². The molecule has 0 radical (unpaired) electrons. The molecule has 30 heavy (non-hydrogen) atoms. The number of hydrogen-bond donors (Lipinski definition) is 2. The lowest BCUT2D eigenvalue weighted by Gasteiger charge is -2.39. The lowest BCUT2D eigenvalue weighted by atomic mass is 9.82. The van der Waals surface area contributed by atoms with Gasteiger partial charge in [0.25, 0.3) is 0 Å². The third-order valence-corrected chi connectivity index (χ3v) is 6.45. The molecule has 154 valence electrons. The second-order valence-corrected chi connectivity index (χ2v) is 8.24.